The number of ether oxygens (including phenoxy) is 1. The maximum Gasteiger partial charge on any atom is 0.242 e. The highest BCUT2D eigenvalue weighted by Gasteiger charge is 2.23. The van der Waals surface area contributed by atoms with Crippen LogP contribution in [-0.4, -0.2) is 18.4 Å². The van der Waals surface area contributed by atoms with E-state index in [2.05, 4.69) is 10.6 Å². The van der Waals surface area contributed by atoms with Gasteiger partial charge in [-0.05, 0) is 66.6 Å². The molecular weight excluding hydrogens is 504 g/mol. The summed E-state index contributed by atoms with van der Waals surface area (Å²) in [5, 5.41) is 6.10. The van der Waals surface area contributed by atoms with Gasteiger partial charge >= 0.3 is 0 Å². The van der Waals surface area contributed by atoms with E-state index in [0.29, 0.717) is 28.8 Å². The fourth-order valence-electron chi connectivity index (χ4n) is 3.70. The van der Waals surface area contributed by atoms with Crippen LogP contribution in [0.3, 0.4) is 0 Å². The molecule has 0 saturated carbocycles. The van der Waals surface area contributed by atoms with Crippen molar-refractivity contribution in [3.8, 4) is 5.75 Å². The molecule has 2 N–H and O–H groups in total. The topological polar surface area (TPSA) is 67.4 Å². The Hall–Kier alpha value is -3.74. The number of nitrogens with one attached hydrogen (secondary N) is 2. The first-order valence-electron chi connectivity index (χ1n) is 11.9. The van der Waals surface area contributed by atoms with Gasteiger partial charge in [0.25, 0.3) is 0 Å². The summed E-state index contributed by atoms with van der Waals surface area (Å²) < 4.78 is 5.67. The second-order valence-electron chi connectivity index (χ2n) is 8.20. The minimum Gasteiger partial charge on any atom is -0.492 e. The van der Waals surface area contributed by atoms with Gasteiger partial charge in [-0.3, -0.25) is 9.59 Å². The number of hydrogen-bond donors (Lipinski definition) is 2. The molecule has 4 rings (SSSR count). The fraction of sp³-hybridized carbons (Fsp3) is 0.133. The highest BCUT2D eigenvalue weighted by Crippen LogP contribution is 2.37. The Bertz CT molecular complexity index is 1330. The van der Waals surface area contributed by atoms with Gasteiger partial charge in [0.1, 0.15) is 11.0 Å². The molecule has 0 heterocycles. The predicted octanol–water partition coefficient (Wildman–Crippen LogP) is 7.39. The molecule has 188 valence electrons. The minimum absolute atomic E-state index is 0.114. The number of amides is 2. The molecule has 0 aliphatic heterocycles. The fourth-order valence-corrected chi connectivity index (χ4v) is 4.85. The average molecular weight is 531 g/mol. The summed E-state index contributed by atoms with van der Waals surface area (Å²) in [5.74, 6) is 0.370. The van der Waals surface area contributed by atoms with E-state index in [1.54, 1.807) is 12.1 Å². The van der Waals surface area contributed by atoms with Crippen molar-refractivity contribution in [1.29, 1.82) is 0 Å². The molecule has 5 nitrogen and oxygen atoms in total. The molecule has 7 heteroatoms. The number of para-hydroxylation sites is 2. The summed E-state index contributed by atoms with van der Waals surface area (Å²) in [6.45, 7) is 2.41. The highest BCUT2D eigenvalue weighted by atomic mass is 35.5. The van der Waals surface area contributed by atoms with Crippen molar-refractivity contribution in [3.63, 3.8) is 0 Å². The second kappa shape index (κ2) is 13.0. The molecule has 4 aromatic carbocycles. The van der Waals surface area contributed by atoms with Crippen LogP contribution in [0.5, 0.6) is 5.75 Å². The van der Waals surface area contributed by atoms with Gasteiger partial charge in [-0.15, -0.1) is 11.8 Å². The summed E-state index contributed by atoms with van der Waals surface area (Å²) >= 11 is 7.36. The first-order chi connectivity index (χ1) is 18.0. The molecule has 1 unspecified atom stereocenters. The standard InChI is InChI=1S/C30H27ClN2O3S/c1-2-36-27-11-7-6-10-26(27)33-30(35)29(22-8-4-3-5-9-22)37-25-18-16-24(17-19-25)32-28(34)20-21-12-14-23(31)15-13-21/h3-19,29H,2,20H2,1H3,(H,32,34)(H,33,35). The van der Waals surface area contributed by atoms with Crippen molar-refractivity contribution in [2.24, 2.45) is 0 Å². The Morgan fingerprint density at radius 3 is 2.22 bits per heavy atom. The van der Waals surface area contributed by atoms with Gasteiger partial charge in [-0.2, -0.15) is 0 Å². The molecule has 0 radical (unpaired) electrons. The number of carbonyl (C=O) groups is 2. The van der Waals surface area contributed by atoms with E-state index in [4.69, 9.17) is 16.3 Å². The molecule has 0 aromatic heterocycles. The summed E-state index contributed by atoms with van der Waals surface area (Å²) in [7, 11) is 0. The predicted molar refractivity (Wildman–Crippen MR) is 152 cm³/mol. The van der Waals surface area contributed by atoms with Gasteiger partial charge in [0.05, 0.1) is 18.7 Å². The maximum absolute atomic E-state index is 13.4. The van der Waals surface area contributed by atoms with E-state index < -0.39 is 5.25 Å². The molecule has 37 heavy (non-hydrogen) atoms. The van der Waals surface area contributed by atoms with Crippen LogP contribution in [-0.2, 0) is 16.0 Å². The van der Waals surface area contributed by atoms with Gasteiger partial charge < -0.3 is 15.4 Å². The molecule has 0 saturated heterocycles. The molecule has 0 spiro atoms. The summed E-state index contributed by atoms with van der Waals surface area (Å²) in [4.78, 5) is 26.8. The minimum atomic E-state index is -0.485. The van der Waals surface area contributed by atoms with Crippen LogP contribution < -0.4 is 15.4 Å². The monoisotopic (exact) mass is 530 g/mol. The van der Waals surface area contributed by atoms with Crippen LogP contribution in [0.25, 0.3) is 0 Å². The lowest BCUT2D eigenvalue weighted by Gasteiger charge is -2.19. The number of carbonyl (C=O) groups excluding carboxylic acids is 2. The van der Waals surface area contributed by atoms with Crippen molar-refractivity contribution in [1.82, 2.24) is 0 Å². The van der Waals surface area contributed by atoms with E-state index in [1.807, 2.05) is 97.9 Å². The zero-order valence-corrected chi connectivity index (χ0v) is 21.9. The molecule has 0 bridgehead atoms. The lowest BCUT2D eigenvalue weighted by Crippen LogP contribution is -2.19. The van der Waals surface area contributed by atoms with Crippen LogP contribution in [0.1, 0.15) is 23.3 Å². The highest BCUT2D eigenvalue weighted by molar-refractivity contribution is 8.00. The summed E-state index contributed by atoms with van der Waals surface area (Å²) in [6, 6.07) is 31.8. The van der Waals surface area contributed by atoms with Crippen molar-refractivity contribution < 1.29 is 14.3 Å². The number of hydrogen-bond acceptors (Lipinski definition) is 4. The molecule has 0 fully saturated rings. The summed E-state index contributed by atoms with van der Waals surface area (Å²) in [6.07, 6.45) is 0.257. The number of rotatable bonds is 10. The van der Waals surface area contributed by atoms with Gasteiger partial charge in [-0.25, -0.2) is 0 Å². The molecule has 4 aromatic rings. The SMILES string of the molecule is CCOc1ccccc1NC(=O)C(Sc1ccc(NC(=O)Cc2ccc(Cl)cc2)cc1)c1ccccc1. The summed E-state index contributed by atoms with van der Waals surface area (Å²) in [5.41, 5.74) is 3.10. The first kappa shape index (κ1) is 26.3. The maximum atomic E-state index is 13.4. The third kappa shape index (κ3) is 7.62. The van der Waals surface area contributed by atoms with Crippen LogP contribution >= 0.6 is 23.4 Å². The van der Waals surface area contributed by atoms with Gasteiger partial charge in [-0.1, -0.05) is 66.2 Å². The van der Waals surface area contributed by atoms with E-state index in [-0.39, 0.29) is 18.2 Å². The number of benzene rings is 4. The van der Waals surface area contributed by atoms with E-state index in [9.17, 15) is 9.59 Å². The quantitative estimate of drug-likeness (QED) is 0.210. The van der Waals surface area contributed by atoms with Crippen LogP contribution in [0.2, 0.25) is 5.02 Å². The van der Waals surface area contributed by atoms with Crippen molar-refractivity contribution in [2.45, 2.75) is 23.5 Å². The molecule has 1 atom stereocenters. The van der Waals surface area contributed by atoms with E-state index >= 15 is 0 Å². The van der Waals surface area contributed by atoms with Gasteiger partial charge in [0.15, 0.2) is 0 Å². The molecule has 0 aliphatic rings. The van der Waals surface area contributed by atoms with Crippen LogP contribution in [0.15, 0.2) is 108 Å². The van der Waals surface area contributed by atoms with Crippen molar-refractivity contribution in [3.05, 3.63) is 119 Å². The molecular formula is C30H27ClN2O3S. The largest absolute Gasteiger partial charge is 0.492 e. The lowest BCUT2D eigenvalue weighted by molar-refractivity contribution is -0.116. The third-order valence-electron chi connectivity index (χ3n) is 5.46. The molecule has 0 aliphatic carbocycles. The second-order valence-corrected chi connectivity index (χ2v) is 9.82. The van der Waals surface area contributed by atoms with Crippen molar-refractivity contribution >= 4 is 46.6 Å². The Kier molecular flexibility index (Phi) is 9.24. The molecule has 2 amide bonds. The van der Waals surface area contributed by atoms with Crippen LogP contribution in [0.4, 0.5) is 11.4 Å². The number of thioether (sulfide) groups is 1. The van der Waals surface area contributed by atoms with Crippen molar-refractivity contribution in [2.75, 3.05) is 17.2 Å². The van der Waals surface area contributed by atoms with E-state index in [1.165, 1.54) is 11.8 Å². The number of anilines is 2. The zero-order valence-electron chi connectivity index (χ0n) is 20.3. The van der Waals surface area contributed by atoms with Gasteiger partial charge in [0.2, 0.25) is 11.8 Å². The smallest absolute Gasteiger partial charge is 0.242 e. The Morgan fingerprint density at radius 1 is 0.838 bits per heavy atom. The third-order valence-corrected chi connectivity index (χ3v) is 6.97. The van der Waals surface area contributed by atoms with Gasteiger partial charge in [0, 0.05) is 15.6 Å². The Balaban J connectivity index is 1.45. The normalized spacial score (nSPS) is 11.4. The lowest BCUT2D eigenvalue weighted by atomic mass is 10.1. The van der Waals surface area contributed by atoms with Crippen LogP contribution in [0, 0.1) is 0 Å². The Morgan fingerprint density at radius 2 is 1.51 bits per heavy atom. The number of halogens is 1. The zero-order chi connectivity index (χ0) is 26.0. The Labute approximate surface area is 226 Å². The van der Waals surface area contributed by atoms with E-state index in [0.717, 1.165) is 16.0 Å². The average Bonchev–Trinajstić information content (AvgIpc) is 2.91. The first-order valence-corrected chi connectivity index (χ1v) is 13.2.